The van der Waals surface area contributed by atoms with Crippen LogP contribution in [0.2, 0.25) is 0 Å². The van der Waals surface area contributed by atoms with Crippen LogP contribution in [0, 0.1) is 11.8 Å². The third-order valence-electron chi connectivity index (χ3n) is 1.69. The Morgan fingerprint density at radius 2 is 1.93 bits per heavy atom. The SMILES string of the molecule is NCC#Cc1ccc(C(F)(F)F)c(N)c1. The molecule has 80 valence electrons. The van der Waals surface area contributed by atoms with E-state index in [9.17, 15) is 13.2 Å². The van der Waals surface area contributed by atoms with Gasteiger partial charge in [0.25, 0.3) is 0 Å². The molecule has 15 heavy (non-hydrogen) atoms. The van der Waals surface area contributed by atoms with E-state index in [-0.39, 0.29) is 12.2 Å². The quantitative estimate of drug-likeness (QED) is 0.509. The smallest absolute Gasteiger partial charge is 0.398 e. The maximum Gasteiger partial charge on any atom is 0.418 e. The number of benzene rings is 1. The number of rotatable bonds is 0. The molecule has 0 unspecified atom stereocenters. The van der Waals surface area contributed by atoms with Gasteiger partial charge in [-0.3, -0.25) is 0 Å². The number of nitrogens with two attached hydrogens (primary N) is 2. The molecular weight excluding hydrogens is 205 g/mol. The number of hydrogen-bond acceptors (Lipinski definition) is 2. The lowest BCUT2D eigenvalue weighted by molar-refractivity contribution is -0.136. The second-order valence-corrected chi connectivity index (χ2v) is 2.81. The lowest BCUT2D eigenvalue weighted by Gasteiger charge is -2.09. The van der Waals surface area contributed by atoms with Crippen molar-refractivity contribution in [3.63, 3.8) is 0 Å². The van der Waals surface area contributed by atoms with Crippen LogP contribution in [0.4, 0.5) is 18.9 Å². The van der Waals surface area contributed by atoms with Gasteiger partial charge < -0.3 is 11.5 Å². The van der Waals surface area contributed by atoms with Gasteiger partial charge in [0.05, 0.1) is 12.1 Å². The highest BCUT2D eigenvalue weighted by atomic mass is 19.4. The molecule has 0 radical (unpaired) electrons. The Labute approximate surface area is 85.1 Å². The van der Waals surface area contributed by atoms with Crippen LogP contribution < -0.4 is 11.5 Å². The van der Waals surface area contributed by atoms with Crippen molar-refractivity contribution in [1.29, 1.82) is 0 Å². The summed E-state index contributed by atoms with van der Waals surface area (Å²) in [5.41, 5.74) is 9.64. The molecule has 1 rings (SSSR count). The molecule has 0 aliphatic carbocycles. The summed E-state index contributed by atoms with van der Waals surface area (Å²) in [6.07, 6.45) is -4.43. The van der Waals surface area contributed by atoms with Gasteiger partial charge in [-0.25, -0.2) is 0 Å². The monoisotopic (exact) mass is 214 g/mol. The third-order valence-corrected chi connectivity index (χ3v) is 1.69. The fourth-order valence-electron chi connectivity index (χ4n) is 1.05. The molecule has 0 saturated carbocycles. The van der Waals surface area contributed by atoms with E-state index >= 15 is 0 Å². The van der Waals surface area contributed by atoms with Crippen LogP contribution in [-0.4, -0.2) is 6.54 Å². The summed E-state index contributed by atoms with van der Waals surface area (Å²) in [5, 5.41) is 0. The van der Waals surface area contributed by atoms with E-state index in [1.807, 2.05) is 0 Å². The van der Waals surface area contributed by atoms with E-state index in [4.69, 9.17) is 11.5 Å². The molecule has 0 spiro atoms. The molecule has 0 aromatic heterocycles. The molecule has 0 bridgehead atoms. The maximum atomic E-state index is 12.3. The Morgan fingerprint density at radius 1 is 1.27 bits per heavy atom. The van der Waals surface area contributed by atoms with Gasteiger partial charge >= 0.3 is 6.18 Å². The molecule has 4 N–H and O–H groups in total. The van der Waals surface area contributed by atoms with E-state index < -0.39 is 11.7 Å². The first-order valence-electron chi connectivity index (χ1n) is 4.11. The maximum absolute atomic E-state index is 12.3. The minimum absolute atomic E-state index is 0.154. The molecule has 1 aromatic carbocycles. The average molecular weight is 214 g/mol. The van der Waals surface area contributed by atoms with Crippen molar-refractivity contribution in [2.45, 2.75) is 6.18 Å². The van der Waals surface area contributed by atoms with E-state index in [2.05, 4.69) is 11.8 Å². The predicted molar refractivity (Wildman–Crippen MR) is 51.8 cm³/mol. The van der Waals surface area contributed by atoms with Gasteiger partial charge in [-0.05, 0) is 18.2 Å². The van der Waals surface area contributed by atoms with Crippen LogP contribution in [0.3, 0.4) is 0 Å². The van der Waals surface area contributed by atoms with Crippen molar-refractivity contribution in [3.8, 4) is 11.8 Å². The topological polar surface area (TPSA) is 52.0 Å². The number of nitrogen functional groups attached to an aromatic ring is 1. The van der Waals surface area contributed by atoms with Crippen LogP contribution in [0.1, 0.15) is 11.1 Å². The summed E-state index contributed by atoms with van der Waals surface area (Å²) in [7, 11) is 0. The zero-order chi connectivity index (χ0) is 11.5. The fourth-order valence-corrected chi connectivity index (χ4v) is 1.05. The normalized spacial score (nSPS) is 10.7. The van der Waals surface area contributed by atoms with Gasteiger partial charge in [0, 0.05) is 11.3 Å². The summed E-state index contributed by atoms with van der Waals surface area (Å²) in [5.74, 6) is 5.13. The molecular formula is C10H9F3N2. The number of anilines is 1. The number of alkyl halides is 3. The molecule has 0 heterocycles. The zero-order valence-corrected chi connectivity index (χ0v) is 7.73. The van der Waals surface area contributed by atoms with Crippen LogP contribution in [0.15, 0.2) is 18.2 Å². The predicted octanol–water partition coefficient (Wildman–Crippen LogP) is 1.60. The lowest BCUT2D eigenvalue weighted by atomic mass is 10.1. The Balaban J connectivity index is 3.09. The summed E-state index contributed by atoms with van der Waals surface area (Å²) < 4.78 is 36.9. The molecule has 0 fully saturated rings. The summed E-state index contributed by atoms with van der Waals surface area (Å²) in [4.78, 5) is 0. The minimum Gasteiger partial charge on any atom is -0.398 e. The van der Waals surface area contributed by atoms with Crippen molar-refractivity contribution in [1.82, 2.24) is 0 Å². The van der Waals surface area contributed by atoms with Crippen molar-refractivity contribution < 1.29 is 13.2 Å². The van der Waals surface area contributed by atoms with Gasteiger partial charge in [-0.1, -0.05) is 11.8 Å². The highest BCUT2D eigenvalue weighted by Gasteiger charge is 2.32. The van der Waals surface area contributed by atoms with Crippen molar-refractivity contribution in [3.05, 3.63) is 29.3 Å². The zero-order valence-electron chi connectivity index (χ0n) is 7.73. The molecule has 1 aromatic rings. The average Bonchev–Trinajstić information content (AvgIpc) is 2.12. The van der Waals surface area contributed by atoms with Crippen LogP contribution in [0.25, 0.3) is 0 Å². The van der Waals surface area contributed by atoms with E-state index in [1.165, 1.54) is 12.1 Å². The van der Waals surface area contributed by atoms with Gasteiger partial charge in [0.15, 0.2) is 0 Å². The van der Waals surface area contributed by atoms with E-state index in [0.717, 1.165) is 6.07 Å². The standard InChI is InChI=1S/C10H9F3N2/c11-10(12,13)8-4-3-7(2-1-5-14)6-9(8)15/h3-4,6H,5,14-15H2. The van der Waals surface area contributed by atoms with Gasteiger partial charge in [-0.15, -0.1) is 0 Å². The van der Waals surface area contributed by atoms with Crippen LogP contribution in [-0.2, 0) is 6.18 Å². The third kappa shape index (κ3) is 2.89. The van der Waals surface area contributed by atoms with Gasteiger partial charge in [0.2, 0.25) is 0 Å². The molecule has 0 atom stereocenters. The van der Waals surface area contributed by atoms with E-state index in [1.54, 1.807) is 0 Å². The van der Waals surface area contributed by atoms with Crippen LogP contribution in [0.5, 0.6) is 0 Å². The second kappa shape index (κ2) is 4.24. The van der Waals surface area contributed by atoms with E-state index in [0.29, 0.717) is 5.56 Å². The van der Waals surface area contributed by atoms with Gasteiger partial charge in [-0.2, -0.15) is 13.2 Å². The first-order chi connectivity index (χ1) is 6.95. The van der Waals surface area contributed by atoms with Crippen molar-refractivity contribution in [2.75, 3.05) is 12.3 Å². The first-order valence-corrected chi connectivity index (χ1v) is 4.11. The summed E-state index contributed by atoms with van der Waals surface area (Å²) in [6.45, 7) is 0.154. The highest BCUT2D eigenvalue weighted by Crippen LogP contribution is 2.33. The Bertz CT molecular complexity index is 413. The molecule has 0 saturated heterocycles. The lowest BCUT2D eigenvalue weighted by Crippen LogP contribution is -2.08. The molecule has 0 amide bonds. The van der Waals surface area contributed by atoms with Crippen LogP contribution >= 0.6 is 0 Å². The number of hydrogen-bond donors (Lipinski definition) is 2. The first kappa shape index (κ1) is 11.4. The Hall–Kier alpha value is -1.67. The molecule has 5 heteroatoms. The van der Waals surface area contributed by atoms with Crippen molar-refractivity contribution in [2.24, 2.45) is 5.73 Å². The Morgan fingerprint density at radius 3 is 2.40 bits per heavy atom. The highest BCUT2D eigenvalue weighted by molar-refractivity contribution is 5.54. The molecule has 2 nitrogen and oxygen atoms in total. The molecule has 0 aliphatic rings. The largest absolute Gasteiger partial charge is 0.418 e. The second-order valence-electron chi connectivity index (χ2n) is 2.81. The Kier molecular flexibility index (Phi) is 3.22. The summed E-state index contributed by atoms with van der Waals surface area (Å²) in [6, 6.07) is 3.36. The number of halogens is 3. The van der Waals surface area contributed by atoms with Gasteiger partial charge in [0.1, 0.15) is 0 Å². The van der Waals surface area contributed by atoms with Crippen molar-refractivity contribution >= 4 is 5.69 Å². The minimum atomic E-state index is -4.43. The summed E-state index contributed by atoms with van der Waals surface area (Å²) >= 11 is 0. The fraction of sp³-hybridized carbons (Fsp3) is 0.200. The molecule has 0 aliphatic heterocycles.